The van der Waals surface area contributed by atoms with Gasteiger partial charge in [-0.3, -0.25) is 0 Å². The third-order valence-electron chi connectivity index (χ3n) is 4.27. The predicted molar refractivity (Wildman–Crippen MR) is 66.6 cm³/mol. The fraction of sp³-hybridized carbons (Fsp3) is 0.571. The molecule has 0 spiro atoms. The van der Waals surface area contributed by atoms with Crippen molar-refractivity contribution in [1.82, 2.24) is 5.32 Å². The molecule has 0 radical (unpaired) electrons. The van der Waals surface area contributed by atoms with Crippen molar-refractivity contribution in [2.45, 2.75) is 37.1 Å². The highest BCUT2D eigenvalue weighted by Gasteiger charge is 2.52. The topological polar surface area (TPSA) is 41.5 Å². The highest BCUT2D eigenvalue weighted by Crippen LogP contribution is 2.56. The van der Waals surface area contributed by atoms with Gasteiger partial charge in [0.25, 0.3) is 0 Å². The number of methoxy groups -OCH3 is 1. The molecule has 2 N–H and O–H groups in total. The summed E-state index contributed by atoms with van der Waals surface area (Å²) >= 11 is 0. The summed E-state index contributed by atoms with van der Waals surface area (Å²) in [5.41, 5.74) is 1.23. The summed E-state index contributed by atoms with van der Waals surface area (Å²) in [6.45, 7) is 1.11. The molecule has 17 heavy (non-hydrogen) atoms. The molecule has 0 amide bonds. The van der Waals surface area contributed by atoms with E-state index in [4.69, 9.17) is 4.74 Å². The van der Waals surface area contributed by atoms with Gasteiger partial charge >= 0.3 is 0 Å². The van der Waals surface area contributed by atoms with Crippen LogP contribution in [0.3, 0.4) is 0 Å². The Morgan fingerprint density at radius 2 is 2.24 bits per heavy atom. The van der Waals surface area contributed by atoms with Gasteiger partial charge in [-0.25, -0.2) is 0 Å². The molecule has 3 heteroatoms. The summed E-state index contributed by atoms with van der Waals surface area (Å²) in [4.78, 5) is 0. The molecular formula is C14H19NO2. The second-order valence-electron chi connectivity index (χ2n) is 5.16. The van der Waals surface area contributed by atoms with Crippen molar-refractivity contribution in [1.29, 1.82) is 0 Å². The Morgan fingerprint density at radius 1 is 1.41 bits per heavy atom. The van der Waals surface area contributed by atoms with Crippen molar-refractivity contribution in [2.24, 2.45) is 0 Å². The van der Waals surface area contributed by atoms with Crippen molar-refractivity contribution in [3.8, 4) is 11.5 Å². The molecule has 0 bridgehead atoms. The van der Waals surface area contributed by atoms with E-state index in [9.17, 15) is 5.11 Å². The lowest BCUT2D eigenvalue weighted by atomic mass is 9.86. The minimum atomic E-state index is 0.162. The fourth-order valence-electron chi connectivity index (χ4n) is 3.19. The summed E-state index contributed by atoms with van der Waals surface area (Å²) in [6, 6.07) is 6.37. The van der Waals surface area contributed by atoms with Gasteiger partial charge in [-0.05, 0) is 38.3 Å². The van der Waals surface area contributed by atoms with E-state index in [-0.39, 0.29) is 5.41 Å². The number of para-hydroxylation sites is 1. The minimum Gasteiger partial charge on any atom is -0.504 e. The quantitative estimate of drug-likeness (QED) is 0.841. The summed E-state index contributed by atoms with van der Waals surface area (Å²) in [7, 11) is 1.60. The third kappa shape index (κ3) is 1.61. The van der Waals surface area contributed by atoms with Gasteiger partial charge in [0.1, 0.15) is 0 Å². The van der Waals surface area contributed by atoms with E-state index in [1.165, 1.54) is 25.7 Å². The smallest absolute Gasteiger partial charge is 0.161 e. The Kier molecular flexibility index (Phi) is 2.51. The van der Waals surface area contributed by atoms with Crippen LogP contribution in [0.2, 0.25) is 0 Å². The van der Waals surface area contributed by atoms with Crippen LogP contribution < -0.4 is 10.1 Å². The first-order valence-electron chi connectivity index (χ1n) is 6.38. The zero-order chi connectivity index (χ0) is 11.9. The molecule has 1 atom stereocenters. The molecule has 92 valence electrons. The average Bonchev–Trinajstić information content (AvgIpc) is 2.96. The SMILES string of the molecule is COc1cccc(C2(C3CCCN3)CC2)c1O. The van der Waals surface area contributed by atoms with E-state index < -0.39 is 0 Å². The first kappa shape index (κ1) is 10.9. The number of ether oxygens (including phenoxy) is 1. The van der Waals surface area contributed by atoms with E-state index in [0.717, 1.165) is 12.1 Å². The number of hydrogen-bond donors (Lipinski definition) is 2. The van der Waals surface area contributed by atoms with Crippen LogP contribution in [0, 0.1) is 0 Å². The molecule has 1 saturated carbocycles. The number of phenolic OH excluding ortho intramolecular Hbond substituents is 1. The zero-order valence-electron chi connectivity index (χ0n) is 10.2. The van der Waals surface area contributed by atoms with Crippen molar-refractivity contribution in [2.75, 3.05) is 13.7 Å². The standard InChI is InChI=1S/C14H19NO2/c1-17-11-5-2-4-10(13(11)16)14(7-8-14)12-6-3-9-15-12/h2,4-5,12,15-16H,3,6-9H2,1H3. The lowest BCUT2D eigenvalue weighted by Gasteiger charge is -2.25. The lowest BCUT2D eigenvalue weighted by Crippen LogP contribution is -2.34. The van der Waals surface area contributed by atoms with Gasteiger partial charge in [0.05, 0.1) is 7.11 Å². The van der Waals surface area contributed by atoms with Crippen LogP contribution in [0.15, 0.2) is 18.2 Å². The van der Waals surface area contributed by atoms with Gasteiger partial charge in [-0.1, -0.05) is 12.1 Å². The van der Waals surface area contributed by atoms with Crippen LogP contribution in [0.4, 0.5) is 0 Å². The Morgan fingerprint density at radius 3 is 2.82 bits per heavy atom. The number of aromatic hydroxyl groups is 1. The average molecular weight is 233 g/mol. The monoisotopic (exact) mass is 233 g/mol. The second-order valence-corrected chi connectivity index (χ2v) is 5.16. The predicted octanol–water partition coefficient (Wildman–Crippen LogP) is 2.18. The Hall–Kier alpha value is -1.22. The van der Waals surface area contributed by atoms with Crippen LogP contribution in [0.1, 0.15) is 31.2 Å². The van der Waals surface area contributed by atoms with Crippen molar-refractivity contribution in [3.05, 3.63) is 23.8 Å². The maximum Gasteiger partial charge on any atom is 0.161 e. The van der Waals surface area contributed by atoms with Crippen molar-refractivity contribution in [3.63, 3.8) is 0 Å². The van der Waals surface area contributed by atoms with Gasteiger partial charge in [0.15, 0.2) is 11.5 Å². The maximum atomic E-state index is 10.3. The molecular weight excluding hydrogens is 214 g/mol. The van der Waals surface area contributed by atoms with Crippen molar-refractivity contribution < 1.29 is 9.84 Å². The Labute approximate surface area is 102 Å². The van der Waals surface area contributed by atoms with Gasteiger partial charge in [0, 0.05) is 17.0 Å². The molecule has 2 fully saturated rings. The first-order chi connectivity index (χ1) is 8.28. The van der Waals surface area contributed by atoms with Gasteiger partial charge < -0.3 is 15.2 Å². The molecule has 1 unspecified atom stereocenters. The molecule has 1 aromatic carbocycles. The van der Waals surface area contributed by atoms with Crippen LogP contribution in [-0.4, -0.2) is 24.8 Å². The number of nitrogens with one attached hydrogen (secondary N) is 1. The largest absolute Gasteiger partial charge is 0.504 e. The zero-order valence-corrected chi connectivity index (χ0v) is 10.2. The molecule has 1 heterocycles. The lowest BCUT2D eigenvalue weighted by molar-refractivity contribution is 0.361. The molecule has 1 aliphatic carbocycles. The van der Waals surface area contributed by atoms with Crippen LogP contribution in [-0.2, 0) is 5.41 Å². The van der Waals surface area contributed by atoms with Crippen LogP contribution in [0.5, 0.6) is 11.5 Å². The maximum absolute atomic E-state index is 10.3. The molecule has 0 aromatic heterocycles. The van der Waals surface area contributed by atoms with E-state index in [0.29, 0.717) is 17.5 Å². The highest BCUT2D eigenvalue weighted by molar-refractivity contribution is 5.52. The summed E-state index contributed by atoms with van der Waals surface area (Å²) < 4.78 is 5.20. The third-order valence-corrected chi connectivity index (χ3v) is 4.27. The number of hydrogen-bond acceptors (Lipinski definition) is 3. The summed E-state index contributed by atoms with van der Waals surface area (Å²) in [6.07, 6.45) is 4.81. The summed E-state index contributed by atoms with van der Waals surface area (Å²) in [5, 5.41) is 13.8. The normalized spacial score (nSPS) is 25.8. The number of benzene rings is 1. The molecule has 1 aliphatic heterocycles. The second kappa shape index (κ2) is 3.91. The highest BCUT2D eigenvalue weighted by atomic mass is 16.5. The summed E-state index contributed by atoms with van der Waals surface area (Å²) in [5.74, 6) is 0.924. The van der Waals surface area contributed by atoms with E-state index in [1.54, 1.807) is 7.11 Å². The fourth-order valence-corrected chi connectivity index (χ4v) is 3.19. The number of phenols is 1. The Bertz CT molecular complexity index is 420. The van der Waals surface area contributed by atoms with Crippen LogP contribution >= 0.6 is 0 Å². The minimum absolute atomic E-state index is 0.162. The van der Waals surface area contributed by atoms with Crippen LogP contribution in [0.25, 0.3) is 0 Å². The molecule has 2 aliphatic rings. The molecule has 1 aromatic rings. The van der Waals surface area contributed by atoms with E-state index in [1.807, 2.05) is 18.2 Å². The first-order valence-corrected chi connectivity index (χ1v) is 6.38. The van der Waals surface area contributed by atoms with Crippen molar-refractivity contribution >= 4 is 0 Å². The molecule has 3 rings (SSSR count). The van der Waals surface area contributed by atoms with Gasteiger partial charge in [-0.2, -0.15) is 0 Å². The molecule has 1 saturated heterocycles. The van der Waals surface area contributed by atoms with E-state index >= 15 is 0 Å². The van der Waals surface area contributed by atoms with Gasteiger partial charge in [0.2, 0.25) is 0 Å². The van der Waals surface area contributed by atoms with Gasteiger partial charge in [-0.15, -0.1) is 0 Å². The Balaban J connectivity index is 1.98. The van der Waals surface area contributed by atoms with E-state index in [2.05, 4.69) is 5.32 Å². The number of rotatable bonds is 3. The molecule has 3 nitrogen and oxygen atoms in total.